The number of carboxylic acid groups (broad SMARTS) is 1. The van der Waals surface area contributed by atoms with Crippen molar-refractivity contribution in [2.45, 2.75) is 13.0 Å². The summed E-state index contributed by atoms with van der Waals surface area (Å²) in [7, 11) is 0. The van der Waals surface area contributed by atoms with Gasteiger partial charge in [-0.3, -0.25) is 0 Å². The predicted molar refractivity (Wildman–Crippen MR) is 80.7 cm³/mol. The van der Waals surface area contributed by atoms with E-state index in [2.05, 4.69) is 4.98 Å². The molecule has 5 nitrogen and oxygen atoms in total. The van der Waals surface area contributed by atoms with Gasteiger partial charge in [-0.25, -0.2) is 9.78 Å². The standard InChI is InChI=1S/C17H15NO4/c19-17(20)8-13-6-7-21-15-10-18-16(9-14(13)15)22-11-12-4-2-1-3-5-12/h1-5,8-10H,6-7,11H2,(H,19,20). The summed E-state index contributed by atoms with van der Waals surface area (Å²) in [6.07, 6.45) is 3.34. The molecule has 1 N–H and O–H groups in total. The molecule has 0 atom stereocenters. The van der Waals surface area contributed by atoms with Crippen LogP contribution in [0, 0.1) is 0 Å². The van der Waals surface area contributed by atoms with Gasteiger partial charge in [-0.05, 0) is 11.1 Å². The molecular weight excluding hydrogens is 282 g/mol. The zero-order valence-electron chi connectivity index (χ0n) is 11.9. The van der Waals surface area contributed by atoms with Crippen molar-refractivity contribution in [3.8, 4) is 11.6 Å². The molecule has 1 aliphatic heterocycles. The number of nitrogens with zero attached hydrogens (tertiary/aromatic N) is 1. The molecule has 0 spiro atoms. The van der Waals surface area contributed by atoms with Crippen molar-refractivity contribution in [2.75, 3.05) is 6.61 Å². The summed E-state index contributed by atoms with van der Waals surface area (Å²) < 4.78 is 11.2. The van der Waals surface area contributed by atoms with E-state index >= 15 is 0 Å². The molecule has 0 saturated carbocycles. The predicted octanol–water partition coefficient (Wildman–Crippen LogP) is 2.91. The second-order valence-electron chi connectivity index (χ2n) is 4.90. The molecule has 0 bridgehead atoms. The van der Waals surface area contributed by atoms with Gasteiger partial charge in [-0.1, -0.05) is 30.3 Å². The molecule has 1 aliphatic rings. The lowest BCUT2D eigenvalue weighted by Crippen LogP contribution is -2.10. The van der Waals surface area contributed by atoms with Gasteiger partial charge in [0, 0.05) is 24.1 Å². The minimum atomic E-state index is -0.966. The van der Waals surface area contributed by atoms with Crippen LogP contribution in [-0.4, -0.2) is 22.7 Å². The largest absolute Gasteiger partial charge is 0.491 e. The van der Waals surface area contributed by atoms with E-state index in [1.807, 2.05) is 30.3 Å². The number of fused-ring (bicyclic) bond motifs is 1. The van der Waals surface area contributed by atoms with Gasteiger partial charge >= 0.3 is 5.97 Å². The van der Waals surface area contributed by atoms with E-state index < -0.39 is 5.97 Å². The van der Waals surface area contributed by atoms with Gasteiger partial charge in [0.1, 0.15) is 12.4 Å². The molecule has 2 aromatic rings. The van der Waals surface area contributed by atoms with Crippen LogP contribution in [0.25, 0.3) is 5.57 Å². The molecule has 0 saturated heterocycles. The Balaban J connectivity index is 1.81. The molecule has 0 radical (unpaired) electrons. The van der Waals surface area contributed by atoms with Crippen LogP contribution in [0.5, 0.6) is 11.6 Å². The van der Waals surface area contributed by atoms with Crippen molar-refractivity contribution in [3.05, 3.63) is 59.8 Å². The molecule has 0 unspecified atom stereocenters. The van der Waals surface area contributed by atoms with Crippen molar-refractivity contribution in [2.24, 2.45) is 0 Å². The lowest BCUT2D eigenvalue weighted by atomic mass is 10.0. The van der Waals surface area contributed by atoms with E-state index in [0.29, 0.717) is 31.3 Å². The first-order valence-corrected chi connectivity index (χ1v) is 6.96. The highest BCUT2D eigenvalue weighted by Gasteiger charge is 2.18. The quantitative estimate of drug-likeness (QED) is 0.879. The fraction of sp³-hybridized carbons (Fsp3) is 0.176. The summed E-state index contributed by atoms with van der Waals surface area (Å²) in [5.74, 6) is 0.0709. The maximum Gasteiger partial charge on any atom is 0.328 e. The van der Waals surface area contributed by atoms with Crippen molar-refractivity contribution < 1.29 is 19.4 Å². The molecule has 1 aromatic carbocycles. The Kier molecular flexibility index (Phi) is 4.05. The summed E-state index contributed by atoms with van der Waals surface area (Å²) in [4.78, 5) is 15.1. The Morgan fingerprint density at radius 3 is 2.95 bits per heavy atom. The van der Waals surface area contributed by atoms with E-state index in [9.17, 15) is 4.79 Å². The average Bonchev–Trinajstić information content (AvgIpc) is 2.54. The summed E-state index contributed by atoms with van der Waals surface area (Å²) >= 11 is 0. The number of aromatic nitrogens is 1. The van der Waals surface area contributed by atoms with Crippen LogP contribution in [0.4, 0.5) is 0 Å². The SMILES string of the molecule is O=C(O)C=C1CCOc2cnc(OCc3ccccc3)cc21. The normalized spacial score (nSPS) is 15.0. The maximum absolute atomic E-state index is 10.9. The molecular formula is C17H15NO4. The first-order valence-electron chi connectivity index (χ1n) is 6.96. The van der Waals surface area contributed by atoms with Crippen molar-refractivity contribution >= 4 is 11.5 Å². The number of pyridine rings is 1. The number of hydrogen-bond acceptors (Lipinski definition) is 4. The van der Waals surface area contributed by atoms with E-state index in [1.165, 1.54) is 6.08 Å². The molecule has 112 valence electrons. The topological polar surface area (TPSA) is 68.7 Å². The minimum absolute atomic E-state index is 0.408. The van der Waals surface area contributed by atoms with Gasteiger partial charge in [-0.15, -0.1) is 0 Å². The van der Waals surface area contributed by atoms with Crippen LogP contribution < -0.4 is 9.47 Å². The van der Waals surface area contributed by atoms with Crippen LogP contribution in [0.1, 0.15) is 17.5 Å². The van der Waals surface area contributed by atoms with E-state index in [4.69, 9.17) is 14.6 Å². The van der Waals surface area contributed by atoms with Crippen LogP contribution in [0.2, 0.25) is 0 Å². The van der Waals surface area contributed by atoms with Gasteiger partial charge < -0.3 is 14.6 Å². The van der Waals surface area contributed by atoms with Gasteiger partial charge in [-0.2, -0.15) is 0 Å². The molecule has 0 amide bonds. The zero-order chi connectivity index (χ0) is 15.4. The average molecular weight is 297 g/mol. The Labute approximate surface area is 127 Å². The highest BCUT2D eigenvalue weighted by atomic mass is 16.5. The monoisotopic (exact) mass is 297 g/mol. The molecule has 3 rings (SSSR count). The Morgan fingerprint density at radius 2 is 2.18 bits per heavy atom. The first-order chi connectivity index (χ1) is 10.7. The van der Waals surface area contributed by atoms with Crippen LogP contribution in [0.3, 0.4) is 0 Å². The highest BCUT2D eigenvalue weighted by Crippen LogP contribution is 2.34. The van der Waals surface area contributed by atoms with Gasteiger partial charge in [0.25, 0.3) is 0 Å². The van der Waals surface area contributed by atoms with Crippen molar-refractivity contribution in [1.82, 2.24) is 4.98 Å². The molecule has 5 heteroatoms. The number of rotatable bonds is 4. The fourth-order valence-electron chi connectivity index (χ4n) is 2.30. The van der Waals surface area contributed by atoms with Gasteiger partial charge in [0.2, 0.25) is 5.88 Å². The van der Waals surface area contributed by atoms with E-state index in [0.717, 1.165) is 16.7 Å². The summed E-state index contributed by atoms with van der Waals surface area (Å²) in [5, 5.41) is 8.95. The summed E-state index contributed by atoms with van der Waals surface area (Å²) in [6.45, 7) is 0.865. The molecule has 0 fully saturated rings. The number of carboxylic acids is 1. The Morgan fingerprint density at radius 1 is 1.36 bits per heavy atom. The van der Waals surface area contributed by atoms with Crippen molar-refractivity contribution in [3.63, 3.8) is 0 Å². The number of ether oxygens (including phenoxy) is 2. The van der Waals surface area contributed by atoms with Crippen LogP contribution in [0.15, 0.2) is 48.7 Å². The highest BCUT2D eigenvalue weighted by molar-refractivity contribution is 5.91. The van der Waals surface area contributed by atoms with E-state index in [1.54, 1.807) is 12.3 Å². The number of aliphatic carboxylic acids is 1. The first kappa shape index (κ1) is 14.1. The second-order valence-corrected chi connectivity index (χ2v) is 4.90. The van der Waals surface area contributed by atoms with E-state index in [-0.39, 0.29) is 0 Å². The molecule has 2 heterocycles. The molecule has 22 heavy (non-hydrogen) atoms. The van der Waals surface area contributed by atoms with Crippen LogP contribution in [-0.2, 0) is 11.4 Å². The Hall–Kier alpha value is -2.82. The summed E-state index contributed by atoms with van der Waals surface area (Å²) in [6, 6.07) is 11.5. The van der Waals surface area contributed by atoms with Gasteiger partial charge in [0.05, 0.1) is 12.8 Å². The third-order valence-corrected chi connectivity index (χ3v) is 3.34. The maximum atomic E-state index is 10.9. The molecule has 0 aliphatic carbocycles. The third kappa shape index (κ3) is 3.25. The lowest BCUT2D eigenvalue weighted by Gasteiger charge is -2.20. The van der Waals surface area contributed by atoms with Crippen molar-refractivity contribution in [1.29, 1.82) is 0 Å². The number of carbonyl (C=O) groups is 1. The lowest BCUT2D eigenvalue weighted by molar-refractivity contribution is -0.131. The second kappa shape index (κ2) is 6.30. The minimum Gasteiger partial charge on any atom is -0.491 e. The molecule has 1 aromatic heterocycles. The fourth-order valence-corrected chi connectivity index (χ4v) is 2.30. The van der Waals surface area contributed by atoms with Gasteiger partial charge in [0.15, 0.2) is 0 Å². The zero-order valence-corrected chi connectivity index (χ0v) is 11.9. The number of benzene rings is 1. The smallest absolute Gasteiger partial charge is 0.328 e. The number of hydrogen-bond donors (Lipinski definition) is 1. The Bertz CT molecular complexity index is 710. The third-order valence-electron chi connectivity index (χ3n) is 3.34. The van der Waals surface area contributed by atoms with Crippen LogP contribution >= 0.6 is 0 Å². The summed E-state index contributed by atoms with van der Waals surface area (Å²) in [5.41, 5.74) is 2.49.